The number of aliphatic hydroxyl groups excluding tert-OH is 1. The van der Waals surface area contributed by atoms with Crippen molar-refractivity contribution in [2.75, 3.05) is 38.1 Å². The average Bonchev–Trinajstić information content (AvgIpc) is 3.23. The summed E-state index contributed by atoms with van der Waals surface area (Å²) in [5, 5.41) is 18.5. The molecule has 5 heterocycles. The number of halogens is 1. The van der Waals surface area contributed by atoms with Gasteiger partial charge in [-0.1, -0.05) is 0 Å². The maximum atomic E-state index is 14.8. The van der Waals surface area contributed by atoms with Gasteiger partial charge in [0.25, 0.3) is 5.56 Å². The van der Waals surface area contributed by atoms with Gasteiger partial charge in [0.05, 0.1) is 29.2 Å². The zero-order chi connectivity index (χ0) is 23.2. The molecule has 1 fully saturated rings. The van der Waals surface area contributed by atoms with Crippen LogP contribution in [0.1, 0.15) is 23.6 Å². The van der Waals surface area contributed by atoms with E-state index in [4.69, 9.17) is 4.74 Å². The van der Waals surface area contributed by atoms with Gasteiger partial charge in [-0.05, 0) is 42.6 Å². The van der Waals surface area contributed by atoms with Crippen LogP contribution in [0, 0.1) is 5.82 Å². The second kappa shape index (κ2) is 8.65. The van der Waals surface area contributed by atoms with Gasteiger partial charge in [0, 0.05) is 56.3 Å². The van der Waals surface area contributed by atoms with Crippen LogP contribution >= 0.6 is 0 Å². The van der Waals surface area contributed by atoms with Crippen molar-refractivity contribution in [3.8, 4) is 5.75 Å². The predicted octanol–water partition coefficient (Wildman–Crippen LogP) is 1.66. The number of ether oxygens (including phenoxy) is 1. The summed E-state index contributed by atoms with van der Waals surface area (Å²) in [6.45, 7) is 4.36. The quantitative estimate of drug-likeness (QED) is 0.528. The summed E-state index contributed by atoms with van der Waals surface area (Å²) in [6.07, 6.45) is 1.97. The molecule has 6 rings (SSSR count). The topological polar surface area (TPSA) is 91.7 Å². The lowest BCUT2D eigenvalue weighted by molar-refractivity contribution is 0.0367. The lowest BCUT2D eigenvalue weighted by Gasteiger charge is -2.37. The van der Waals surface area contributed by atoms with Gasteiger partial charge in [-0.15, -0.1) is 0 Å². The summed E-state index contributed by atoms with van der Waals surface area (Å²) in [5.74, 6) is 0.403. The second-order valence-corrected chi connectivity index (χ2v) is 9.43. The molecule has 8 nitrogen and oxygen atoms in total. The maximum Gasteiger partial charge on any atom is 0.251 e. The summed E-state index contributed by atoms with van der Waals surface area (Å²) in [7, 11) is 0. The van der Waals surface area contributed by atoms with E-state index in [1.807, 2.05) is 6.07 Å². The van der Waals surface area contributed by atoms with Crippen LogP contribution in [0.15, 0.2) is 41.3 Å². The minimum absolute atomic E-state index is 0.0399. The highest BCUT2D eigenvalue weighted by atomic mass is 19.1. The molecule has 3 atom stereocenters. The van der Waals surface area contributed by atoms with Gasteiger partial charge in [0.1, 0.15) is 12.4 Å². The number of nitrogens with one attached hydrogen (secondary N) is 2. The largest absolute Gasteiger partial charge is 0.488 e. The zero-order valence-electron chi connectivity index (χ0n) is 18.8. The number of aromatic nitrogens is 2. The van der Waals surface area contributed by atoms with Crippen LogP contribution in [0.3, 0.4) is 0 Å². The number of nitrogens with zero attached hydrogens (tertiary/aromatic N) is 3. The van der Waals surface area contributed by atoms with E-state index in [0.717, 1.165) is 42.0 Å². The Labute approximate surface area is 196 Å². The number of β-amino-alcohol motifs (C(OH)–C–C–N with tert-alkyl or cyclic N) is 1. The number of piperidine rings is 1. The number of likely N-dealkylation sites (tertiary alicyclic amines) is 1. The fourth-order valence-corrected chi connectivity index (χ4v) is 5.56. The van der Waals surface area contributed by atoms with Gasteiger partial charge in [-0.2, -0.15) is 0 Å². The highest BCUT2D eigenvalue weighted by Crippen LogP contribution is 2.35. The highest BCUT2D eigenvalue weighted by molar-refractivity contribution is 5.84. The molecular weight excluding hydrogens is 437 g/mol. The van der Waals surface area contributed by atoms with Gasteiger partial charge in [-0.25, -0.2) is 4.39 Å². The number of hydrogen-bond acceptors (Lipinski definition) is 7. The molecule has 0 saturated carbocycles. The van der Waals surface area contributed by atoms with Gasteiger partial charge >= 0.3 is 0 Å². The number of aliphatic hydroxyl groups is 1. The van der Waals surface area contributed by atoms with E-state index in [-0.39, 0.29) is 23.3 Å². The van der Waals surface area contributed by atoms with Crippen LogP contribution < -0.4 is 20.9 Å². The number of benzene rings is 1. The maximum absolute atomic E-state index is 14.8. The molecule has 1 saturated heterocycles. The summed E-state index contributed by atoms with van der Waals surface area (Å²) < 4.78 is 22.0. The Bertz CT molecular complexity index is 1300. The number of fused-ring (bicyclic) bond motifs is 1. The standard InChI is InChI=1S/C25H28FN5O3/c26-18-3-1-15-2-4-23(33)31-13-16(24(18)25(15)31)12-30-7-5-19(21(32)14-30)29-10-17-9-20-22(11-28-17)34-8-6-27-20/h1-4,9,11,16,19,21,27,29,32H,5-8,10,12-14H2/t16?,19-,21+/m0/s1. The third-order valence-electron chi connectivity index (χ3n) is 7.24. The summed E-state index contributed by atoms with van der Waals surface area (Å²) in [6, 6.07) is 8.48. The normalized spacial score (nSPS) is 24.0. The Kier molecular flexibility index (Phi) is 5.47. The third kappa shape index (κ3) is 3.83. The first-order valence-corrected chi connectivity index (χ1v) is 11.9. The second-order valence-electron chi connectivity index (χ2n) is 9.43. The Morgan fingerprint density at radius 2 is 2.15 bits per heavy atom. The van der Waals surface area contributed by atoms with Crippen molar-refractivity contribution in [2.24, 2.45) is 0 Å². The number of pyridine rings is 2. The Morgan fingerprint density at radius 3 is 3.03 bits per heavy atom. The smallest absolute Gasteiger partial charge is 0.251 e. The monoisotopic (exact) mass is 465 g/mol. The molecule has 3 aromatic rings. The average molecular weight is 466 g/mol. The molecule has 1 unspecified atom stereocenters. The summed E-state index contributed by atoms with van der Waals surface area (Å²) in [4.78, 5) is 19.0. The van der Waals surface area contributed by atoms with Crippen molar-refractivity contribution in [1.82, 2.24) is 19.8 Å². The lowest BCUT2D eigenvalue weighted by atomic mass is 9.96. The molecule has 3 aliphatic heterocycles. The van der Waals surface area contributed by atoms with E-state index in [0.29, 0.717) is 43.9 Å². The Hall–Kier alpha value is -3.01. The fraction of sp³-hybridized carbons (Fsp3) is 0.440. The Morgan fingerprint density at radius 1 is 1.26 bits per heavy atom. The van der Waals surface area contributed by atoms with Gasteiger partial charge in [-0.3, -0.25) is 14.7 Å². The molecule has 9 heteroatoms. The molecule has 0 spiro atoms. The van der Waals surface area contributed by atoms with Crippen LogP contribution in [0.4, 0.5) is 10.1 Å². The molecule has 0 bridgehead atoms. The molecule has 2 aromatic heterocycles. The van der Waals surface area contributed by atoms with E-state index < -0.39 is 6.10 Å². The van der Waals surface area contributed by atoms with Crippen molar-refractivity contribution >= 4 is 16.6 Å². The van der Waals surface area contributed by atoms with Crippen molar-refractivity contribution < 1.29 is 14.2 Å². The fourth-order valence-electron chi connectivity index (χ4n) is 5.56. The van der Waals surface area contributed by atoms with Crippen LogP contribution in [-0.2, 0) is 13.1 Å². The number of anilines is 1. The first kappa shape index (κ1) is 21.5. The molecular formula is C25H28FN5O3. The van der Waals surface area contributed by atoms with Crippen LogP contribution in [0.5, 0.6) is 5.75 Å². The van der Waals surface area contributed by atoms with Crippen molar-refractivity contribution in [3.05, 3.63) is 64.0 Å². The van der Waals surface area contributed by atoms with Crippen LogP contribution in [-0.4, -0.2) is 64.5 Å². The first-order chi connectivity index (χ1) is 16.6. The van der Waals surface area contributed by atoms with Gasteiger partial charge < -0.3 is 25.0 Å². The molecule has 0 amide bonds. The van der Waals surface area contributed by atoms with Crippen LogP contribution in [0.25, 0.3) is 10.9 Å². The third-order valence-corrected chi connectivity index (χ3v) is 7.24. The Balaban J connectivity index is 1.09. The van der Waals surface area contributed by atoms with E-state index in [1.165, 1.54) is 6.07 Å². The van der Waals surface area contributed by atoms with Gasteiger partial charge in [0.2, 0.25) is 0 Å². The van der Waals surface area contributed by atoms with Crippen LogP contribution in [0.2, 0.25) is 0 Å². The zero-order valence-corrected chi connectivity index (χ0v) is 18.8. The molecule has 34 heavy (non-hydrogen) atoms. The lowest BCUT2D eigenvalue weighted by Crippen LogP contribution is -2.53. The minimum Gasteiger partial charge on any atom is -0.488 e. The van der Waals surface area contributed by atoms with E-state index >= 15 is 0 Å². The van der Waals surface area contributed by atoms with E-state index in [9.17, 15) is 14.3 Å². The van der Waals surface area contributed by atoms with Gasteiger partial charge in [0.15, 0.2) is 5.75 Å². The molecule has 0 aliphatic carbocycles. The van der Waals surface area contributed by atoms with E-state index in [2.05, 4.69) is 20.5 Å². The van der Waals surface area contributed by atoms with Crippen molar-refractivity contribution in [3.63, 3.8) is 0 Å². The molecule has 3 N–H and O–H groups in total. The van der Waals surface area contributed by atoms with E-state index in [1.54, 1.807) is 29.0 Å². The SMILES string of the molecule is O=c1ccc2ccc(F)c3c2n1CC3CN1CC[C@H](NCc2cc3c(cn2)OCCN3)[C@H](O)C1. The highest BCUT2D eigenvalue weighted by Gasteiger charge is 2.33. The summed E-state index contributed by atoms with van der Waals surface area (Å²) in [5.41, 5.74) is 3.09. The molecule has 0 radical (unpaired) electrons. The molecule has 1 aromatic carbocycles. The first-order valence-electron chi connectivity index (χ1n) is 11.9. The summed E-state index contributed by atoms with van der Waals surface area (Å²) >= 11 is 0. The van der Waals surface area contributed by atoms with Crippen molar-refractivity contribution in [2.45, 2.75) is 37.6 Å². The molecule has 178 valence electrons. The van der Waals surface area contributed by atoms with Crippen molar-refractivity contribution in [1.29, 1.82) is 0 Å². The predicted molar refractivity (Wildman–Crippen MR) is 127 cm³/mol. The number of hydrogen-bond donors (Lipinski definition) is 3. The molecule has 3 aliphatic rings. The minimum atomic E-state index is -0.542. The number of rotatable bonds is 5.